The molecule has 2 aromatic rings. The van der Waals surface area contributed by atoms with Crippen molar-refractivity contribution < 1.29 is 0 Å². The number of anilines is 2. The van der Waals surface area contributed by atoms with Gasteiger partial charge in [0.05, 0.1) is 0 Å². The van der Waals surface area contributed by atoms with Crippen LogP contribution in [0.25, 0.3) is 0 Å². The smallest absolute Gasteiger partial charge is 0.0413 e. The summed E-state index contributed by atoms with van der Waals surface area (Å²) in [6, 6.07) is 10.3. The van der Waals surface area contributed by atoms with Gasteiger partial charge in [0, 0.05) is 16.4 Å². The maximum absolute atomic E-state index is 6.10. The minimum absolute atomic E-state index is 0.422. The van der Waals surface area contributed by atoms with Crippen LogP contribution in [0.3, 0.4) is 0 Å². The van der Waals surface area contributed by atoms with Crippen molar-refractivity contribution in [2.75, 3.05) is 11.5 Å². The Balaban J connectivity index is 0.000000271. The lowest BCUT2D eigenvalue weighted by Gasteiger charge is -2.16. The number of hydrogen-bond acceptors (Lipinski definition) is 2. The van der Waals surface area contributed by atoms with Gasteiger partial charge in [0.25, 0.3) is 0 Å². The van der Waals surface area contributed by atoms with Crippen molar-refractivity contribution >= 4 is 23.0 Å². The van der Waals surface area contributed by atoms with Crippen molar-refractivity contribution in [3.63, 3.8) is 0 Å². The molecule has 0 radical (unpaired) electrons. The zero-order valence-corrected chi connectivity index (χ0v) is 19.0. The second-order valence-corrected chi connectivity index (χ2v) is 8.90. The molecule has 0 aliphatic rings. The van der Waals surface area contributed by atoms with Crippen LogP contribution in [0.2, 0.25) is 5.02 Å². The number of halogens is 1. The summed E-state index contributed by atoms with van der Waals surface area (Å²) in [5.41, 5.74) is 18.9. The summed E-state index contributed by atoms with van der Waals surface area (Å²) in [6.07, 6.45) is 0. The van der Waals surface area contributed by atoms with Crippen molar-refractivity contribution in [1.82, 2.24) is 0 Å². The molecule has 0 aliphatic heterocycles. The van der Waals surface area contributed by atoms with E-state index in [-0.39, 0.29) is 0 Å². The Morgan fingerprint density at radius 2 is 0.889 bits per heavy atom. The lowest BCUT2D eigenvalue weighted by Crippen LogP contribution is -2.03. The Kier molecular flexibility index (Phi) is 8.68. The van der Waals surface area contributed by atoms with Gasteiger partial charge in [-0.05, 0) is 58.1 Å². The quantitative estimate of drug-likeness (QED) is 0.527. The highest BCUT2D eigenvalue weighted by Gasteiger charge is 2.12. The Morgan fingerprint density at radius 1 is 0.593 bits per heavy atom. The molecule has 3 heteroatoms. The Morgan fingerprint density at radius 3 is 1.19 bits per heavy atom. The molecule has 0 amide bonds. The van der Waals surface area contributed by atoms with Crippen LogP contribution in [0.4, 0.5) is 11.4 Å². The number of benzene rings is 2. The van der Waals surface area contributed by atoms with Crippen LogP contribution in [0.5, 0.6) is 0 Å². The molecule has 0 heterocycles. The molecule has 2 nitrogen and oxygen atoms in total. The number of rotatable bonds is 4. The highest BCUT2D eigenvalue weighted by Crippen LogP contribution is 2.33. The lowest BCUT2D eigenvalue weighted by atomic mass is 9.93. The monoisotopic (exact) mass is 388 g/mol. The van der Waals surface area contributed by atoms with Gasteiger partial charge in [-0.25, -0.2) is 0 Å². The van der Waals surface area contributed by atoms with Crippen molar-refractivity contribution in [2.45, 2.75) is 79.1 Å². The molecule has 0 unspecified atom stereocenters. The predicted octanol–water partition coefficient (Wildman–Crippen LogP) is 7.68. The third-order valence-corrected chi connectivity index (χ3v) is 5.09. The van der Waals surface area contributed by atoms with Crippen molar-refractivity contribution in [1.29, 1.82) is 0 Å². The van der Waals surface area contributed by atoms with Crippen LogP contribution in [0.15, 0.2) is 30.3 Å². The van der Waals surface area contributed by atoms with Gasteiger partial charge in [-0.2, -0.15) is 0 Å². The fraction of sp³-hybridized carbons (Fsp3) is 0.500. The molecule has 27 heavy (non-hydrogen) atoms. The summed E-state index contributed by atoms with van der Waals surface area (Å²) in [7, 11) is 0. The van der Waals surface area contributed by atoms with E-state index >= 15 is 0 Å². The molecule has 0 atom stereocenters. The van der Waals surface area contributed by atoms with Crippen LogP contribution in [-0.2, 0) is 0 Å². The molecular weight excluding hydrogens is 352 g/mol. The van der Waals surface area contributed by atoms with Crippen LogP contribution >= 0.6 is 11.6 Å². The maximum Gasteiger partial charge on any atom is 0.0413 e. The summed E-state index contributed by atoms with van der Waals surface area (Å²) in [6.45, 7) is 17.2. The van der Waals surface area contributed by atoms with Gasteiger partial charge >= 0.3 is 0 Å². The van der Waals surface area contributed by atoms with E-state index in [2.05, 4.69) is 73.6 Å². The molecule has 150 valence electrons. The van der Waals surface area contributed by atoms with Crippen LogP contribution in [-0.4, -0.2) is 0 Å². The zero-order chi connectivity index (χ0) is 20.9. The first kappa shape index (κ1) is 23.4. The van der Waals surface area contributed by atoms with Crippen molar-refractivity contribution in [2.24, 2.45) is 0 Å². The lowest BCUT2D eigenvalue weighted by molar-refractivity contribution is 0.839. The fourth-order valence-corrected chi connectivity index (χ4v) is 3.46. The van der Waals surface area contributed by atoms with Gasteiger partial charge in [-0.15, -0.1) is 0 Å². The molecular formula is C24H37ClN2. The van der Waals surface area contributed by atoms with E-state index in [1.54, 1.807) is 0 Å². The maximum atomic E-state index is 6.10. The van der Waals surface area contributed by atoms with E-state index in [0.29, 0.717) is 23.7 Å². The van der Waals surface area contributed by atoms with E-state index in [0.717, 1.165) is 27.5 Å². The van der Waals surface area contributed by atoms with Crippen molar-refractivity contribution in [3.8, 4) is 0 Å². The molecule has 0 saturated heterocycles. The summed E-state index contributed by atoms with van der Waals surface area (Å²) < 4.78 is 0. The predicted molar refractivity (Wildman–Crippen MR) is 123 cm³/mol. The van der Waals surface area contributed by atoms with Gasteiger partial charge in [0.2, 0.25) is 0 Å². The second-order valence-electron chi connectivity index (χ2n) is 8.47. The second kappa shape index (κ2) is 10.0. The van der Waals surface area contributed by atoms with E-state index in [9.17, 15) is 0 Å². The minimum Gasteiger partial charge on any atom is -0.398 e. The largest absolute Gasteiger partial charge is 0.398 e. The molecule has 0 bridgehead atoms. The van der Waals surface area contributed by atoms with Crippen LogP contribution < -0.4 is 11.5 Å². The summed E-state index contributed by atoms with van der Waals surface area (Å²) >= 11 is 6.05. The number of hydrogen-bond donors (Lipinski definition) is 2. The minimum atomic E-state index is 0.422. The molecule has 0 aliphatic carbocycles. The SMILES string of the molecule is CC(C)c1cc(Cl)cc(C(C)C)c1N.CC(C)c1cccc(C(C)C)c1N. The average Bonchev–Trinajstić information content (AvgIpc) is 2.56. The van der Waals surface area contributed by atoms with E-state index in [4.69, 9.17) is 23.1 Å². The molecule has 0 fully saturated rings. The molecule has 0 aromatic heterocycles. The van der Waals surface area contributed by atoms with Gasteiger partial charge in [0.1, 0.15) is 0 Å². The third-order valence-electron chi connectivity index (χ3n) is 4.87. The average molecular weight is 389 g/mol. The number of nitrogens with two attached hydrogens (primary N) is 2. The molecule has 0 saturated carbocycles. The Bertz CT molecular complexity index is 691. The summed E-state index contributed by atoms with van der Waals surface area (Å²) in [5, 5.41) is 0.784. The van der Waals surface area contributed by atoms with Crippen molar-refractivity contribution in [3.05, 3.63) is 57.6 Å². The zero-order valence-electron chi connectivity index (χ0n) is 18.2. The topological polar surface area (TPSA) is 52.0 Å². The molecule has 4 N–H and O–H groups in total. The Hall–Kier alpha value is -1.67. The highest BCUT2D eigenvalue weighted by atomic mass is 35.5. The molecule has 2 aromatic carbocycles. The van der Waals surface area contributed by atoms with Gasteiger partial charge < -0.3 is 11.5 Å². The normalized spacial score (nSPS) is 11.3. The highest BCUT2D eigenvalue weighted by molar-refractivity contribution is 6.30. The van der Waals surface area contributed by atoms with Crippen LogP contribution in [0.1, 0.15) is 101 Å². The summed E-state index contributed by atoms with van der Waals surface area (Å²) in [4.78, 5) is 0. The van der Waals surface area contributed by atoms with Crippen LogP contribution in [0, 0.1) is 0 Å². The number of nitrogen functional groups attached to an aromatic ring is 2. The standard InChI is InChI=1S/C12H18ClN.C12H19N/c1-7(2)10-5-9(13)6-11(8(3)4)12(10)14;1-8(2)10-6-5-7-11(9(3)4)12(10)13/h5-8H,14H2,1-4H3;5-9H,13H2,1-4H3. The van der Waals surface area contributed by atoms with E-state index in [1.807, 2.05) is 12.1 Å². The van der Waals surface area contributed by atoms with E-state index < -0.39 is 0 Å². The molecule has 0 spiro atoms. The fourth-order valence-electron chi connectivity index (χ4n) is 3.22. The molecule has 2 rings (SSSR count). The first-order valence-corrected chi connectivity index (χ1v) is 10.3. The van der Waals surface area contributed by atoms with Gasteiger partial charge in [-0.3, -0.25) is 0 Å². The number of para-hydroxylation sites is 1. The summed E-state index contributed by atoms with van der Waals surface area (Å²) in [5.74, 6) is 1.87. The Labute approximate surface area is 171 Å². The first-order valence-electron chi connectivity index (χ1n) is 9.94. The van der Waals surface area contributed by atoms with Gasteiger partial charge in [-0.1, -0.05) is 85.2 Å². The third kappa shape index (κ3) is 6.17. The van der Waals surface area contributed by atoms with Gasteiger partial charge in [0.15, 0.2) is 0 Å². The van der Waals surface area contributed by atoms with E-state index in [1.165, 1.54) is 11.1 Å². The first-order chi connectivity index (χ1) is 12.5.